The van der Waals surface area contributed by atoms with Gasteiger partial charge in [-0.2, -0.15) is 0 Å². The minimum Gasteiger partial charge on any atom is -0.486 e. The van der Waals surface area contributed by atoms with E-state index in [2.05, 4.69) is 15.6 Å². The number of aromatic nitrogens is 1. The van der Waals surface area contributed by atoms with Crippen LogP contribution in [0.5, 0.6) is 11.5 Å². The lowest BCUT2D eigenvalue weighted by Crippen LogP contribution is -2.45. The number of hydrogen-bond donors (Lipinski definition) is 2. The highest BCUT2D eigenvalue weighted by Gasteiger charge is 2.22. The van der Waals surface area contributed by atoms with Crippen LogP contribution in [0, 0.1) is 0 Å². The van der Waals surface area contributed by atoms with Crippen LogP contribution >= 0.6 is 0 Å². The lowest BCUT2D eigenvalue weighted by molar-refractivity contribution is -0.139. The van der Waals surface area contributed by atoms with Crippen molar-refractivity contribution in [1.29, 1.82) is 0 Å². The second-order valence-corrected chi connectivity index (χ2v) is 5.25. The zero-order chi connectivity index (χ0) is 16.8. The van der Waals surface area contributed by atoms with E-state index in [1.54, 1.807) is 24.5 Å². The Morgan fingerprint density at radius 1 is 1.08 bits per heavy atom. The van der Waals surface area contributed by atoms with Gasteiger partial charge in [0.1, 0.15) is 12.7 Å². The first-order valence-corrected chi connectivity index (χ1v) is 7.56. The molecule has 0 spiro atoms. The average molecular weight is 327 g/mol. The zero-order valence-corrected chi connectivity index (χ0v) is 12.9. The second-order valence-electron chi connectivity index (χ2n) is 5.25. The van der Waals surface area contributed by atoms with Gasteiger partial charge in [-0.1, -0.05) is 18.2 Å². The Morgan fingerprint density at radius 2 is 1.88 bits per heavy atom. The Bertz CT molecular complexity index is 721. The summed E-state index contributed by atoms with van der Waals surface area (Å²) < 4.78 is 11.3. The van der Waals surface area contributed by atoms with Crippen LogP contribution in [0.4, 0.5) is 0 Å². The van der Waals surface area contributed by atoms with Gasteiger partial charge in [-0.25, -0.2) is 0 Å². The van der Waals surface area contributed by atoms with Crippen LogP contribution in [-0.2, 0) is 16.1 Å². The molecule has 7 nitrogen and oxygen atoms in total. The van der Waals surface area contributed by atoms with Crippen LogP contribution in [0.1, 0.15) is 5.56 Å². The molecule has 2 N–H and O–H groups in total. The van der Waals surface area contributed by atoms with Crippen molar-refractivity contribution in [2.75, 3.05) is 13.2 Å². The van der Waals surface area contributed by atoms with Crippen molar-refractivity contribution in [2.24, 2.45) is 0 Å². The Morgan fingerprint density at radius 3 is 2.67 bits per heavy atom. The molecule has 24 heavy (non-hydrogen) atoms. The third kappa shape index (κ3) is 4.01. The smallest absolute Gasteiger partial charge is 0.309 e. The molecule has 0 saturated carbocycles. The first-order valence-electron chi connectivity index (χ1n) is 7.56. The van der Waals surface area contributed by atoms with Crippen molar-refractivity contribution in [1.82, 2.24) is 15.6 Å². The normalized spacial score (nSPS) is 15.4. The van der Waals surface area contributed by atoms with E-state index in [-0.39, 0.29) is 19.2 Å². The Labute approximate surface area is 139 Å². The summed E-state index contributed by atoms with van der Waals surface area (Å²) in [5, 5.41) is 5.09. The summed E-state index contributed by atoms with van der Waals surface area (Å²) >= 11 is 0. The molecule has 1 aliphatic heterocycles. The summed E-state index contributed by atoms with van der Waals surface area (Å²) in [7, 11) is 0. The molecular formula is C17H17N3O4. The van der Waals surface area contributed by atoms with Gasteiger partial charge in [0.05, 0.1) is 6.54 Å². The topological polar surface area (TPSA) is 89.6 Å². The van der Waals surface area contributed by atoms with Crippen molar-refractivity contribution in [2.45, 2.75) is 12.6 Å². The van der Waals surface area contributed by atoms with E-state index in [1.165, 1.54) is 0 Å². The summed E-state index contributed by atoms with van der Waals surface area (Å²) in [5.74, 6) is -0.101. The number of nitrogens with one attached hydrogen (secondary N) is 2. The van der Waals surface area contributed by atoms with Crippen LogP contribution in [0.2, 0.25) is 0 Å². The Balaban J connectivity index is 1.43. The van der Waals surface area contributed by atoms with Crippen LogP contribution in [0.25, 0.3) is 0 Å². The van der Waals surface area contributed by atoms with Gasteiger partial charge in [0, 0.05) is 18.9 Å². The molecule has 1 atom stereocenters. The van der Waals surface area contributed by atoms with E-state index in [0.717, 1.165) is 5.56 Å². The quantitative estimate of drug-likeness (QED) is 0.805. The maximum Gasteiger partial charge on any atom is 0.309 e. The number of para-hydroxylation sites is 2. The zero-order valence-electron chi connectivity index (χ0n) is 12.9. The van der Waals surface area contributed by atoms with Gasteiger partial charge in [-0.05, 0) is 23.8 Å². The van der Waals surface area contributed by atoms with Gasteiger partial charge >= 0.3 is 11.8 Å². The Hall–Kier alpha value is -3.09. The van der Waals surface area contributed by atoms with Crippen LogP contribution in [-0.4, -0.2) is 36.1 Å². The van der Waals surface area contributed by atoms with E-state index >= 15 is 0 Å². The first-order chi connectivity index (χ1) is 11.7. The highest BCUT2D eigenvalue weighted by molar-refractivity contribution is 6.35. The minimum atomic E-state index is -0.707. The largest absolute Gasteiger partial charge is 0.486 e. The maximum absolute atomic E-state index is 11.8. The summed E-state index contributed by atoms with van der Waals surface area (Å²) in [6.07, 6.45) is 2.93. The molecule has 2 aromatic rings. The number of hydrogen-bond acceptors (Lipinski definition) is 5. The summed E-state index contributed by atoms with van der Waals surface area (Å²) in [4.78, 5) is 27.5. The van der Waals surface area contributed by atoms with E-state index in [4.69, 9.17) is 9.47 Å². The third-order valence-corrected chi connectivity index (χ3v) is 3.44. The number of ether oxygens (including phenoxy) is 2. The fourth-order valence-corrected chi connectivity index (χ4v) is 2.22. The molecule has 1 aliphatic rings. The monoisotopic (exact) mass is 327 g/mol. The molecule has 0 saturated heterocycles. The van der Waals surface area contributed by atoms with Gasteiger partial charge in [-0.15, -0.1) is 0 Å². The van der Waals surface area contributed by atoms with Crippen LogP contribution < -0.4 is 20.1 Å². The summed E-state index contributed by atoms with van der Waals surface area (Å²) in [6, 6.07) is 10.9. The Kier molecular flexibility index (Phi) is 4.90. The lowest BCUT2D eigenvalue weighted by Gasteiger charge is -2.26. The number of fused-ring (bicyclic) bond motifs is 1. The number of amides is 2. The van der Waals surface area contributed by atoms with Crippen molar-refractivity contribution in [3.63, 3.8) is 0 Å². The van der Waals surface area contributed by atoms with E-state index in [9.17, 15) is 9.59 Å². The SMILES string of the molecule is O=C(NCc1cccnc1)C(=O)NCC1COc2ccccc2O1. The number of pyridine rings is 1. The van der Waals surface area contributed by atoms with Crippen molar-refractivity contribution < 1.29 is 19.1 Å². The fraction of sp³-hybridized carbons (Fsp3) is 0.235. The third-order valence-electron chi connectivity index (χ3n) is 3.44. The molecule has 0 radical (unpaired) electrons. The predicted octanol–water partition coefficient (Wildman–Crippen LogP) is 0.654. The number of rotatable bonds is 4. The highest BCUT2D eigenvalue weighted by atomic mass is 16.6. The highest BCUT2D eigenvalue weighted by Crippen LogP contribution is 2.30. The molecule has 0 aliphatic carbocycles. The number of benzene rings is 1. The van der Waals surface area contributed by atoms with E-state index in [1.807, 2.05) is 24.3 Å². The summed E-state index contributed by atoms with van der Waals surface area (Å²) in [5.41, 5.74) is 0.819. The molecule has 1 aromatic carbocycles. The predicted molar refractivity (Wildman–Crippen MR) is 85.4 cm³/mol. The first kappa shape index (κ1) is 15.8. The summed E-state index contributed by atoms with van der Waals surface area (Å²) in [6.45, 7) is 0.749. The second kappa shape index (κ2) is 7.45. The number of nitrogens with zero attached hydrogens (tertiary/aromatic N) is 1. The minimum absolute atomic E-state index is 0.188. The molecule has 0 bridgehead atoms. The molecule has 1 unspecified atom stereocenters. The van der Waals surface area contributed by atoms with Gasteiger partial charge < -0.3 is 20.1 Å². The van der Waals surface area contributed by atoms with Gasteiger partial charge in [0.2, 0.25) is 0 Å². The van der Waals surface area contributed by atoms with Crippen LogP contribution in [0.3, 0.4) is 0 Å². The molecule has 2 amide bonds. The molecular weight excluding hydrogens is 310 g/mol. The van der Waals surface area contributed by atoms with Crippen molar-refractivity contribution in [3.8, 4) is 11.5 Å². The number of carbonyl (C=O) groups is 2. The maximum atomic E-state index is 11.8. The van der Waals surface area contributed by atoms with Gasteiger partial charge in [0.15, 0.2) is 11.5 Å². The fourth-order valence-electron chi connectivity index (χ4n) is 2.22. The molecule has 7 heteroatoms. The molecule has 1 aromatic heterocycles. The molecule has 2 heterocycles. The van der Waals surface area contributed by atoms with Crippen molar-refractivity contribution in [3.05, 3.63) is 54.4 Å². The van der Waals surface area contributed by atoms with Gasteiger partial charge in [0.25, 0.3) is 0 Å². The van der Waals surface area contributed by atoms with E-state index < -0.39 is 11.8 Å². The van der Waals surface area contributed by atoms with Crippen molar-refractivity contribution >= 4 is 11.8 Å². The average Bonchev–Trinajstić information content (AvgIpc) is 2.64. The molecule has 124 valence electrons. The molecule has 0 fully saturated rings. The van der Waals surface area contributed by atoms with E-state index in [0.29, 0.717) is 18.1 Å². The molecule has 3 rings (SSSR count). The van der Waals surface area contributed by atoms with Crippen LogP contribution in [0.15, 0.2) is 48.8 Å². The lowest BCUT2D eigenvalue weighted by atomic mass is 10.2. The number of carbonyl (C=O) groups excluding carboxylic acids is 2. The van der Waals surface area contributed by atoms with Gasteiger partial charge in [-0.3, -0.25) is 14.6 Å². The standard InChI is InChI=1S/C17H17N3O4/c21-16(19-9-12-4-3-7-18-8-12)17(22)20-10-13-11-23-14-5-1-2-6-15(14)24-13/h1-8,13H,9-11H2,(H,19,21)(H,20,22).